The van der Waals surface area contributed by atoms with E-state index in [0.717, 1.165) is 12.8 Å². The van der Waals surface area contributed by atoms with E-state index >= 15 is 0 Å². The lowest BCUT2D eigenvalue weighted by atomic mass is 10.2. The maximum absolute atomic E-state index is 2.20. The summed E-state index contributed by atoms with van der Waals surface area (Å²) in [6.07, 6.45) is 19.1. The van der Waals surface area contributed by atoms with E-state index in [2.05, 4.69) is 97.1 Å². The molecule has 0 saturated heterocycles. The molecule has 0 aromatic heterocycles. The molecule has 0 aliphatic carbocycles. The van der Waals surface area contributed by atoms with E-state index in [1.165, 1.54) is 11.1 Å². The molecule has 0 unspecified atom stereocenters. The van der Waals surface area contributed by atoms with Crippen LogP contribution >= 0.6 is 0 Å². The van der Waals surface area contributed by atoms with Crippen LogP contribution in [0.5, 0.6) is 0 Å². The molecule has 0 amide bonds. The molecule has 2 aromatic carbocycles. The maximum Gasteiger partial charge on any atom is -0.0166 e. The molecular formula is C22H22. The van der Waals surface area contributed by atoms with Gasteiger partial charge in [0.25, 0.3) is 0 Å². The Labute approximate surface area is 133 Å². The van der Waals surface area contributed by atoms with Crippen molar-refractivity contribution in [1.82, 2.24) is 0 Å². The molecule has 0 N–H and O–H groups in total. The zero-order valence-corrected chi connectivity index (χ0v) is 12.8. The first-order chi connectivity index (χ1) is 10.9. The third kappa shape index (κ3) is 6.71. The van der Waals surface area contributed by atoms with Gasteiger partial charge in [0.15, 0.2) is 0 Å². The normalized spacial score (nSPS) is 12.2. The zero-order chi connectivity index (χ0) is 15.3. The first kappa shape index (κ1) is 15.8. The van der Waals surface area contributed by atoms with Gasteiger partial charge in [-0.3, -0.25) is 0 Å². The first-order valence-electron chi connectivity index (χ1n) is 7.70. The summed E-state index contributed by atoms with van der Waals surface area (Å²) in [5.74, 6) is 0. The van der Waals surface area contributed by atoms with Crippen molar-refractivity contribution in [2.24, 2.45) is 0 Å². The van der Waals surface area contributed by atoms with Crippen LogP contribution in [0.1, 0.15) is 24.0 Å². The number of rotatable bonds is 7. The fraction of sp³-hybridized carbons (Fsp3) is 0.0909. The monoisotopic (exact) mass is 286 g/mol. The van der Waals surface area contributed by atoms with Crippen molar-refractivity contribution in [2.75, 3.05) is 0 Å². The summed E-state index contributed by atoms with van der Waals surface area (Å²) in [6.45, 7) is 0. The van der Waals surface area contributed by atoms with E-state index in [-0.39, 0.29) is 0 Å². The smallest absolute Gasteiger partial charge is 0.0166 e. The molecule has 0 saturated carbocycles. The Morgan fingerprint density at radius 3 is 1.68 bits per heavy atom. The standard InChI is InChI=1S/C22H22/c1(3-5-9-15-21-17-11-7-12-18-21)2-4-6-10-16-22-19-13-8-14-20-22/h1,3-4,6-20H,2,5H2/b3-1+,6-4+,15-9+,16-10+. The van der Waals surface area contributed by atoms with Crippen LogP contribution in [0, 0.1) is 0 Å². The minimum atomic E-state index is 0.971. The Hall–Kier alpha value is -2.60. The fourth-order valence-electron chi connectivity index (χ4n) is 2.01. The predicted octanol–water partition coefficient (Wildman–Crippen LogP) is 6.31. The second-order valence-corrected chi connectivity index (χ2v) is 4.95. The van der Waals surface area contributed by atoms with Gasteiger partial charge in [0.2, 0.25) is 0 Å². The highest BCUT2D eigenvalue weighted by atomic mass is 13.9. The molecule has 0 nitrogen and oxygen atoms in total. The minimum Gasteiger partial charge on any atom is -0.0844 e. The van der Waals surface area contributed by atoms with Gasteiger partial charge in [-0.1, -0.05) is 109 Å². The van der Waals surface area contributed by atoms with Crippen molar-refractivity contribution in [3.63, 3.8) is 0 Å². The van der Waals surface area contributed by atoms with Crippen LogP contribution in [-0.2, 0) is 0 Å². The highest BCUT2D eigenvalue weighted by Gasteiger charge is 1.81. The summed E-state index contributed by atoms with van der Waals surface area (Å²) in [4.78, 5) is 0. The lowest BCUT2D eigenvalue weighted by Crippen LogP contribution is -1.68. The van der Waals surface area contributed by atoms with Gasteiger partial charge in [-0.2, -0.15) is 0 Å². The molecule has 2 aromatic rings. The van der Waals surface area contributed by atoms with Crippen LogP contribution in [-0.4, -0.2) is 0 Å². The fourth-order valence-corrected chi connectivity index (χ4v) is 2.01. The lowest BCUT2D eigenvalue weighted by Gasteiger charge is -1.89. The second kappa shape index (κ2) is 10.2. The Bertz CT molecular complexity index is 628. The first-order valence-corrected chi connectivity index (χ1v) is 7.70. The SMILES string of the molecule is C(/C=C/c1ccccc1)=C\C/C=C/C/C=C/c1ccccc1. The van der Waals surface area contributed by atoms with Crippen LogP contribution in [0.2, 0.25) is 0 Å². The summed E-state index contributed by atoms with van der Waals surface area (Å²) in [6, 6.07) is 20.7. The van der Waals surface area contributed by atoms with Gasteiger partial charge in [-0.05, 0) is 24.0 Å². The predicted molar refractivity (Wildman–Crippen MR) is 98.5 cm³/mol. The Morgan fingerprint density at radius 1 is 0.500 bits per heavy atom. The number of hydrogen-bond acceptors (Lipinski definition) is 0. The summed E-state index contributed by atoms with van der Waals surface area (Å²) < 4.78 is 0. The molecule has 0 radical (unpaired) electrons. The van der Waals surface area contributed by atoms with Gasteiger partial charge in [0, 0.05) is 0 Å². The molecule has 0 spiro atoms. The van der Waals surface area contributed by atoms with Crippen molar-refractivity contribution in [1.29, 1.82) is 0 Å². The van der Waals surface area contributed by atoms with Crippen LogP contribution in [0.4, 0.5) is 0 Å². The summed E-state index contributed by atoms with van der Waals surface area (Å²) in [7, 11) is 0. The highest BCUT2D eigenvalue weighted by Crippen LogP contribution is 2.03. The van der Waals surface area contributed by atoms with Crippen LogP contribution in [0.25, 0.3) is 12.2 Å². The van der Waals surface area contributed by atoms with E-state index in [9.17, 15) is 0 Å². The molecule has 0 aliphatic heterocycles. The largest absolute Gasteiger partial charge is 0.0844 e. The van der Waals surface area contributed by atoms with Gasteiger partial charge in [-0.25, -0.2) is 0 Å². The molecule has 0 heterocycles. The van der Waals surface area contributed by atoms with Crippen molar-refractivity contribution in [3.05, 3.63) is 108 Å². The van der Waals surface area contributed by atoms with Gasteiger partial charge < -0.3 is 0 Å². The van der Waals surface area contributed by atoms with Gasteiger partial charge in [-0.15, -0.1) is 0 Å². The molecule has 2 rings (SSSR count). The van der Waals surface area contributed by atoms with Crippen molar-refractivity contribution >= 4 is 12.2 Å². The molecule has 0 aliphatic rings. The van der Waals surface area contributed by atoms with E-state index in [4.69, 9.17) is 0 Å². The van der Waals surface area contributed by atoms with Crippen LogP contribution in [0.3, 0.4) is 0 Å². The van der Waals surface area contributed by atoms with Crippen LogP contribution < -0.4 is 0 Å². The quantitative estimate of drug-likeness (QED) is 0.413. The Kier molecular flexibility index (Phi) is 7.30. The molecular weight excluding hydrogens is 264 g/mol. The average molecular weight is 286 g/mol. The third-order valence-corrected chi connectivity index (χ3v) is 3.16. The van der Waals surface area contributed by atoms with E-state index in [1.54, 1.807) is 0 Å². The van der Waals surface area contributed by atoms with E-state index in [1.807, 2.05) is 12.1 Å². The van der Waals surface area contributed by atoms with Crippen molar-refractivity contribution in [2.45, 2.75) is 12.8 Å². The number of benzene rings is 2. The molecule has 110 valence electrons. The number of allylic oxidation sites excluding steroid dienone is 6. The molecule has 22 heavy (non-hydrogen) atoms. The zero-order valence-electron chi connectivity index (χ0n) is 12.8. The van der Waals surface area contributed by atoms with E-state index in [0.29, 0.717) is 0 Å². The molecule has 0 fully saturated rings. The van der Waals surface area contributed by atoms with Gasteiger partial charge >= 0.3 is 0 Å². The van der Waals surface area contributed by atoms with Crippen LogP contribution in [0.15, 0.2) is 97.1 Å². The summed E-state index contributed by atoms with van der Waals surface area (Å²) in [5.41, 5.74) is 2.48. The Morgan fingerprint density at radius 2 is 1.05 bits per heavy atom. The van der Waals surface area contributed by atoms with E-state index < -0.39 is 0 Å². The van der Waals surface area contributed by atoms with Gasteiger partial charge in [0.1, 0.15) is 0 Å². The summed E-state index contributed by atoms with van der Waals surface area (Å²) >= 11 is 0. The molecule has 0 atom stereocenters. The third-order valence-electron chi connectivity index (χ3n) is 3.16. The highest BCUT2D eigenvalue weighted by molar-refractivity contribution is 5.50. The maximum atomic E-state index is 2.20. The minimum absolute atomic E-state index is 0.971. The molecule has 0 heteroatoms. The van der Waals surface area contributed by atoms with Crippen molar-refractivity contribution in [3.8, 4) is 0 Å². The number of hydrogen-bond donors (Lipinski definition) is 0. The Balaban J connectivity index is 1.63. The topological polar surface area (TPSA) is 0 Å². The molecule has 0 bridgehead atoms. The second-order valence-electron chi connectivity index (χ2n) is 4.95. The summed E-state index contributed by atoms with van der Waals surface area (Å²) in [5, 5.41) is 0. The average Bonchev–Trinajstić information content (AvgIpc) is 2.58. The lowest BCUT2D eigenvalue weighted by molar-refractivity contribution is 1.32. The van der Waals surface area contributed by atoms with Gasteiger partial charge in [0.05, 0.1) is 0 Å². The van der Waals surface area contributed by atoms with Crippen molar-refractivity contribution < 1.29 is 0 Å².